The number of thioether (sulfide) groups is 1. The van der Waals surface area contributed by atoms with E-state index in [2.05, 4.69) is 30.0 Å². The highest BCUT2D eigenvalue weighted by atomic mass is 32.2. The second-order valence-electron chi connectivity index (χ2n) is 6.50. The topological polar surface area (TPSA) is 119 Å². The molecule has 2 aromatic heterocycles. The number of nitrogens with one attached hydrogen (secondary N) is 2. The monoisotopic (exact) mass is 490 g/mol. The zero-order valence-electron chi connectivity index (χ0n) is 17.2. The molecule has 0 bridgehead atoms. The minimum atomic E-state index is -4.15. The normalized spacial score (nSPS) is 11.4. The maximum atomic E-state index is 15.2. The number of sulfonamides is 1. The van der Waals surface area contributed by atoms with Crippen LogP contribution in [0.4, 0.5) is 26.0 Å². The van der Waals surface area contributed by atoms with E-state index in [0.717, 1.165) is 12.1 Å². The summed E-state index contributed by atoms with van der Waals surface area (Å²) in [5.41, 5.74) is -0.441. The van der Waals surface area contributed by atoms with Crippen molar-refractivity contribution >= 4 is 50.0 Å². The molecule has 0 fully saturated rings. The van der Waals surface area contributed by atoms with Crippen LogP contribution in [0.15, 0.2) is 59.0 Å². The van der Waals surface area contributed by atoms with Gasteiger partial charge in [-0.1, -0.05) is 11.8 Å². The quantitative estimate of drug-likeness (QED) is 0.293. The molecular weight excluding hydrogens is 474 g/mol. The Kier molecular flexibility index (Phi) is 6.24. The van der Waals surface area contributed by atoms with Gasteiger partial charge < -0.3 is 10.1 Å². The molecule has 2 N–H and O–H groups in total. The molecule has 2 aromatic carbocycles. The zero-order chi connectivity index (χ0) is 23.6. The van der Waals surface area contributed by atoms with Gasteiger partial charge in [0.1, 0.15) is 34.6 Å². The Morgan fingerprint density at radius 3 is 2.48 bits per heavy atom. The molecule has 13 heteroatoms. The van der Waals surface area contributed by atoms with E-state index in [0.29, 0.717) is 16.4 Å². The summed E-state index contributed by atoms with van der Waals surface area (Å²) in [7, 11) is -2.71. The minimum absolute atomic E-state index is 0.0330. The van der Waals surface area contributed by atoms with Crippen molar-refractivity contribution in [3.05, 3.63) is 60.6 Å². The number of anilines is 3. The van der Waals surface area contributed by atoms with Crippen molar-refractivity contribution in [2.45, 2.75) is 10.1 Å². The van der Waals surface area contributed by atoms with Crippen molar-refractivity contribution in [2.24, 2.45) is 0 Å². The van der Waals surface area contributed by atoms with E-state index in [1.165, 1.54) is 55.7 Å². The summed E-state index contributed by atoms with van der Waals surface area (Å²) >= 11 is 1.28. The first-order chi connectivity index (χ1) is 15.8. The summed E-state index contributed by atoms with van der Waals surface area (Å²) in [6, 6.07) is 7.43. The van der Waals surface area contributed by atoms with Gasteiger partial charge in [-0.15, -0.1) is 0 Å². The Hall–Kier alpha value is -3.58. The Morgan fingerprint density at radius 1 is 1.03 bits per heavy atom. The first kappa shape index (κ1) is 22.6. The van der Waals surface area contributed by atoms with Crippen LogP contribution < -0.4 is 14.8 Å². The molecule has 0 saturated carbocycles. The minimum Gasteiger partial charge on any atom is -0.497 e. The van der Waals surface area contributed by atoms with Crippen molar-refractivity contribution < 1.29 is 21.9 Å². The second kappa shape index (κ2) is 9.11. The van der Waals surface area contributed by atoms with Gasteiger partial charge >= 0.3 is 0 Å². The third-order valence-corrected chi connectivity index (χ3v) is 6.43. The van der Waals surface area contributed by atoms with Crippen LogP contribution in [-0.4, -0.2) is 41.7 Å². The summed E-state index contributed by atoms with van der Waals surface area (Å²) < 4.78 is 62.2. The number of fused-ring (bicyclic) bond motifs is 1. The SMILES string of the molecule is COc1ccc(S(=O)(=O)Nc2ccc(F)c(Nc3ncnc4cnc(SC)nc34)c2F)cc1. The molecule has 33 heavy (non-hydrogen) atoms. The van der Waals surface area contributed by atoms with E-state index in [1.807, 2.05) is 0 Å². The number of aromatic nitrogens is 4. The highest BCUT2D eigenvalue weighted by Crippen LogP contribution is 2.31. The summed E-state index contributed by atoms with van der Waals surface area (Å²) in [6.45, 7) is 0. The van der Waals surface area contributed by atoms with Gasteiger partial charge in [-0.05, 0) is 42.7 Å². The molecule has 0 unspecified atom stereocenters. The lowest BCUT2D eigenvalue weighted by molar-refractivity contribution is 0.414. The summed E-state index contributed by atoms with van der Waals surface area (Å²) in [6.07, 6.45) is 4.43. The van der Waals surface area contributed by atoms with Gasteiger partial charge in [0, 0.05) is 0 Å². The first-order valence-electron chi connectivity index (χ1n) is 9.26. The van der Waals surface area contributed by atoms with Crippen molar-refractivity contribution in [2.75, 3.05) is 23.4 Å². The Morgan fingerprint density at radius 2 is 1.79 bits per heavy atom. The lowest BCUT2D eigenvalue weighted by Crippen LogP contribution is -2.15. The van der Waals surface area contributed by atoms with E-state index in [1.54, 1.807) is 6.26 Å². The third kappa shape index (κ3) is 4.64. The second-order valence-corrected chi connectivity index (χ2v) is 8.96. The maximum absolute atomic E-state index is 15.2. The van der Waals surface area contributed by atoms with E-state index < -0.39 is 33.0 Å². The predicted octanol–water partition coefficient (Wildman–Crippen LogP) is 3.97. The molecule has 0 atom stereocenters. The highest BCUT2D eigenvalue weighted by Gasteiger charge is 2.21. The van der Waals surface area contributed by atoms with Crippen LogP contribution in [0, 0.1) is 11.6 Å². The molecule has 4 rings (SSSR count). The number of rotatable bonds is 7. The number of hydrogen-bond acceptors (Lipinski definition) is 9. The fraction of sp³-hybridized carbons (Fsp3) is 0.100. The van der Waals surface area contributed by atoms with Gasteiger partial charge in [-0.2, -0.15) is 0 Å². The molecule has 0 saturated heterocycles. The molecule has 9 nitrogen and oxygen atoms in total. The lowest BCUT2D eigenvalue weighted by atomic mass is 10.2. The largest absolute Gasteiger partial charge is 0.497 e. The standard InChI is InChI=1S/C20H16F2N6O3S2/c1-31-11-3-5-12(6-4-11)33(29,30)28-14-8-7-13(21)17(16(14)22)26-19-18-15(24-10-25-19)9-23-20(27-18)32-2/h3-10,28H,1-2H3,(H,24,25,26). The average molecular weight is 491 g/mol. The molecule has 0 amide bonds. The number of ether oxygens (including phenoxy) is 1. The highest BCUT2D eigenvalue weighted by molar-refractivity contribution is 7.98. The Bertz CT molecular complexity index is 1440. The van der Waals surface area contributed by atoms with Crippen molar-refractivity contribution in [3.63, 3.8) is 0 Å². The summed E-state index contributed by atoms with van der Waals surface area (Å²) in [5.74, 6) is -1.62. The Labute approximate surface area is 191 Å². The predicted molar refractivity (Wildman–Crippen MR) is 120 cm³/mol. The summed E-state index contributed by atoms with van der Waals surface area (Å²) in [5, 5.41) is 2.98. The van der Waals surface area contributed by atoms with Gasteiger partial charge in [0.05, 0.1) is 23.9 Å². The van der Waals surface area contributed by atoms with E-state index in [9.17, 15) is 12.8 Å². The van der Waals surface area contributed by atoms with E-state index in [-0.39, 0.29) is 16.2 Å². The van der Waals surface area contributed by atoms with Crippen molar-refractivity contribution in [1.29, 1.82) is 0 Å². The van der Waals surface area contributed by atoms with Gasteiger partial charge in [0.15, 0.2) is 16.8 Å². The van der Waals surface area contributed by atoms with Crippen LogP contribution in [0.5, 0.6) is 5.75 Å². The molecule has 2 heterocycles. The van der Waals surface area contributed by atoms with Gasteiger partial charge in [-0.25, -0.2) is 37.1 Å². The van der Waals surface area contributed by atoms with Gasteiger partial charge in [0.2, 0.25) is 0 Å². The number of methoxy groups -OCH3 is 1. The van der Waals surface area contributed by atoms with Crippen LogP contribution in [0.3, 0.4) is 0 Å². The van der Waals surface area contributed by atoms with Crippen molar-refractivity contribution in [1.82, 2.24) is 19.9 Å². The zero-order valence-corrected chi connectivity index (χ0v) is 18.8. The molecule has 170 valence electrons. The molecule has 0 spiro atoms. The first-order valence-corrected chi connectivity index (χ1v) is 12.0. The van der Waals surface area contributed by atoms with E-state index in [4.69, 9.17) is 4.74 Å². The van der Waals surface area contributed by atoms with E-state index >= 15 is 4.39 Å². The van der Waals surface area contributed by atoms with Crippen LogP contribution in [0.2, 0.25) is 0 Å². The van der Waals surface area contributed by atoms with Crippen LogP contribution >= 0.6 is 11.8 Å². The number of nitrogens with zero attached hydrogens (tertiary/aromatic N) is 4. The van der Waals surface area contributed by atoms with Gasteiger partial charge in [-0.3, -0.25) is 4.72 Å². The molecular formula is C20H16F2N6O3S2. The smallest absolute Gasteiger partial charge is 0.261 e. The average Bonchev–Trinajstić information content (AvgIpc) is 2.83. The van der Waals surface area contributed by atoms with Crippen molar-refractivity contribution in [3.8, 4) is 5.75 Å². The molecule has 4 aromatic rings. The third-order valence-electron chi connectivity index (χ3n) is 4.49. The molecule has 0 radical (unpaired) electrons. The number of hydrogen-bond donors (Lipinski definition) is 2. The van der Waals surface area contributed by atoms with Crippen LogP contribution in [-0.2, 0) is 10.0 Å². The molecule has 0 aliphatic heterocycles. The fourth-order valence-electron chi connectivity index (χ4n) is 2.85. The van der Waals surface area contributed by atoms with Gasteiger partial charge in [0.25, 0.3) is 10.0 Å². The molecule has 0 aliphatic carbocycles. The maximum Gasteiger partial charge on any atom is 0.261 e. The van der Waals surface area contributed by atoms with Crippen LogP contribution in [0.25, 0.3) is 11.0 Å². The van der Waals surface area contributed by atoms with Crippen LogP contribution in [0.1, 0.15) is 0 Å². The summed E-state index contributed by atoms with van der Waals surface area (Å²) in [4.78, 5) is 16.3. The fourth-order valence-corrected chi connectivity index (χ4v) is 4.25. The number of halogens is 2. The molecule has 0 aliphatic rings. The Balaban J connectivity index is 1.70. The number of benzene rings is 2. The lowest BCUT2D eigenvalue weighted by Gasteiger charge is -2.14.